The zero-order chi connectivity index (χ0) is 27.7. The van der Waals surface area contributed by atoms with Gasteiger partial charge in [0.1, 0.15) is 11.9 Å². The van der Waals surface area contributed by atoms with Gasteiger partial charge in [0.05, 0.1) is 0 Å². The number of hydrogen-bond acceptors (Lipinski definition) is 2. The summed E-state index contributed by atoms with van der Waals surface area (Å²) in [6.45, 7) is 0.0383. The Labute approximate surface area is 236 Å². The van der Waals surface area contributed by atoms with E-state index in [0.717, 1.165) is 47.6 Å². The standard InChI is InChI=1S/C35H37FN2O2/c36-32-21-10-8-15-29(32)25-38(34(39)23-22-28-17-11-16-27-14-7-9-20-31(27)28)33(24-26-12-3-1-4-13-26)35(40)37-30-18-5-2-6-19-30/h1,3-4,7-17,20-21,30,33H,2,5-6,18-19,22-25H2,(H,37,40). The number of nitrogens with zero attached hydrogens (tertiary/aromatic N) is 1. The van der Waals surface area contributed by atoms with Crippen LogP contribution in [0.25, 0.3) is 10.8 Å². The molecule has 0 aromatic heterocycles. The van der Waals surface area contributed by atoms with Crippen LogP contribution in [0.15, 0.2) is 97.1 Å². The summed E-state index contributed by atoms with van der Waals surface area (Å²) in [6.07, 6.45) is 6.41. The summed E-state index contributed by atoms with van der Waals surface area (Å²) in [6, 6.07) is 29.9. The predicted octanol–water partition coefficient (Wildman–Crippen LogP) is 7.00. The predicted molar refractivity (Wildman–Crippen MR) is 158 cm³/mol. The normalized spacial score (nSPS) is 14.5. The van der Waals surface area contributed by atoms with Gasteiger partial charge >= 0.3 is 0 Å². The Hall–Kier alpha value is -3.99. The van der Waals surface area contributed by atoms with Gasteiger partial charge in [-0.2, -0.15) is 0 Å². The lowest BCUT2D eigenvalue weighted by atomic mass is 9.94. The Bertz CT molecular complexity index is 1430. The van der Waals surface area contributed by atoms with E-state index in [-0.39, 0.29) is 36.6 Å². The van der Waals surface area contributed by atoms with E-state index in [1.807, 2.05) is 54.6 Å². The highest BCUT2D eigenvalue weighted by atomic mass is 19.1. The van der Waals surface area contributed by atoms with Crippen LogP contribution in [0, 0.1) is 5.82 Å². The van der Waals surface area contributed by atoms with Crippen molar-refractivity contribution in [3.05, 3.63) is 120 Å². The maximum Gasteiger partial charge on any atom is 0.243 e. The molecular weight excluding hydrogens is 499 g/mol. The van der Waals surface area contributed by atoms with Crippen molar-refractivity contribution in [2.24, 2.45) is 0 Å². The first-order chi connectivity index (χ1) is 19.6. The van der Waals surface area contributed by atoms with Gasteiger partial charge in [-0.3, -0.25) is 9.59 Å². The van der Waals surface area contributed by atoms with E-state index < -0.39 is 6.04 Å². The highest BCUT2D eigenvalue weighted by Crippen LogP contribution is 2.23. The lowest BCUT2D eigenvalue weighted by Gasteiger charge is -2.33. The fraction of sp³-hybridized carbons (Fsp3) is 0.314. The zero-order valence-corrected chi connectivity index (χ0v) is 22.9. The molecule has 1 aliphatic rings. The fourth-order valence-electron chi connectivity index (χ4n) is 5.80. The van der Waals surface area contributed by atoms with Gasteiger partial charge in [0.15, 0.2) is 0 Å². The summed E-state index contributed by atoms with van der Waals surface area (Å²) in [7, 11) is 0. The molecule has 0 radical (unpaired) electrons. The van der Waals surface area contributed by atoms with E-state index in [0.29, 0.717) is 18.4 Å². The first kappa shape index (κ1) is 27.6. The molecule has 1 atom stereocenters. The van der Waals surface area contributed by atoms with Crippen LogP contribution in [0.3, 0.4) is 0 Å². The third kappa shape index (κ3) is 6.95. The number of carbonyl (C=O) groups excluding carboxylic acids is 2. The molecule has 0 aliphatic heterocycles. The minimum absolute atomic E-state index is 0.0383. The Balaban J connectivity index is 1.44. The van der Waals surface area contributed by atoms with Gasteiger partial charge in [-0.15, -0.1) is 0 Å². The Morgan fingerprint density at radius 2 is 1.48 bits per heavy atom. The van der Waals surface area contributed by atoms with Crippen LogP contribution >= 0.6 is 0 Å². The second kappa shape index (κ2) is 13.4. The SMILES string of the molecule is O=C(NC1CCCCC1)C(Cc1ccccc1)N(Cc1ccccc1F)C(=O)CCc1cccc2ccccc12. The minimum atomic E-state index is -0.746. The molecule has 4 aromatic carbocycles. The van der Waals surface area contributed by atoms with Crippen LogP contribution in [0.1, 0.15) is 55.2 Å². The van der Waals surface area contributed by atoms with Crippen LogP contribution in [-0.2, 0) is 29.0 Å². The summed E-state index contributed by atoms with van der Waals surface area (Å²) in [5, 5.41) is 5.50. The van der Waals surface area contributed by atoms with Crippen molar-refractivity contribution in [2.75, 3.05) is 0 Å². The van der Waals surface area contributed by atoms with Gasteiger partial charge in [-0.25, -0.2) is 4.39 Å². The van der Waals surface area contributed by atoms with Crippen molar-refractivity contribution in [1.29, 1.82) is 0 Å². The molecule has 5 heteroatoms. The molecular formula is C35H37FN2O2. The second-order valence-electron chi connectivity index (χ2n) is 10.8. The highest BCUT2D eigenvalue weighted by molar-refractivity contribution is 5.89. The molecule has 5 rings (SSSR count). The van der Waals surface area contributed by atoms with E-state index in [9.17, 15) is 14.0 Å². The molecule has 0 saturated heterocycles. The molecule has 4 nitrogen and oxygen atoms in total. The van der Waals surface area contributed by atoms with Crippen molar-refractivity contribution < 1.29 is 14.0 Å². The zero-order valence-electron chi connectivity index (χ0n) is 22.9. The average molecular weight is 537 g/mol. The van der Waals surface area contributed by atoms with Crippen molar-refractivity contribution in [2.45, 2.75) is 70.0 Å². The minimum Gasteiger partial charge on any atom is -0.352 e. The molecule has 0 heterocycles. The molecule has 2 amide bonds. The van der Waals surface area contributed by atoms with Crippen LogP contribution in [0.2, 0.25) is 0 Å². The van der Waals surface area contributed by atoms with Crippen molar-refractivity contribution in [3.63, 3.8) is 0 Å². The molecule has 4 aromatic rings. The van der Waals surface area contributed by atoms with E-state index in [1.54, 1.807) is 23.1 Å². The van der Waals surface area contributed by atoms with E-state index in [1.165, 1.54) is 12.5 Å². The lowest BCUT2D eigenvalue weighted by Crippen LogP contribution is -2.53. The van der Waals surface area contributed by atoms with Crippen molar-refractivity contribution in [1.82, 2.24) is 10.2 Å². The van der Waals surface area contributed by atoms with Gasteiger partial charge in [-0.1, -0.05) is 110 Å². The van der Waals surface area contributed by atoms with Crippen molar-refractivity contribution in [3.8, 4) is 0 Å². The number of rotatable bonds is 10. The maximum absolute atomic E-state index is 14.9. The summed E-state index contributed by atoms with van der Waals surface area (Å²) in [5.41, 5.74) is 2.46. The monoisotopic (exact) mass is 536 g/mol. The highest BCUT2D eigenvalue weighted by Gasteiger charge is 2.32. The average Bonchev–Trinajstić information content (AvgIpc) is 2.99. The van der Waals surface area contributed by atoms with E-state index >= 15 is 0 Å². The number of amides is 2. The molecule has 0 bridgehead atoms. The largest absolute Gasteiger partial charge is 0.352 e. The Morgan fingerprint density at radius 1 is 0.800 bits per heavy atom. The molecule has 1 N–H and O–H groups in total. The third-order valence-electron chi connectivity index (χ3n) is 8.01. The Kier molecular flexibility index (Phi) is 9.22. The number of benzene rings is 4. The smallest absolute Gasteiger partial charge is 0.243 e. The van der Waals surface area contributed by atoms with Crippen LogP contribution in [0.5, 0.6) is 0 Å². The number of hydrogen-bond donors (Lipinski definition) is 1. The lowest BCUT2D eigenvalue weighted by molar-refractivity contribution is -0.141. The van der Waals surface area contributed by atoms with Gasteiger partial charge in [0.2, 0.25) is 11.8 Å². The number of nitrogens with one attached hydrogen (secondary N) is 1. The number of fused-ring (bicyclic) bond motifs is 1. The van der Waals surface area contributed by atoms with E-state index in [4.69, 9.17) is 0 Å². The number of carbonyl (C=O) groups is 2. The first-order valence-corrected chi connectivity index (χ1v) is 14.4. The quantitative estimate of drug-likeness (QED) is 0.237. The number of halogens is 1. The molecule has 1 aliphatic carbocycles. The van der Waals surface area contributed by atoms with Gasteiger partial charge in [-0.05, 0) is 47.2 Å². The molecule has 1 fully saturated rings. The molecule has 40 heavy (non-hydrogen) atoms. The van der Waals surface area contributed by atoms with Crippen LogP contribution < -0.4 is 5.32 Å². The molecule has 206 valence electrons. The van der Waals surface area contributed by atoms with E-state index in [2.05, 4.69) is 23.5 Å². The van der Waals surface area contributed by atoms with Gasteiger partial charge in [0, 0.05) is 31.0 Å². The van der Waals surface area contributed by atoms with Crippen LogP contribution in [0.4, 0.5) is 4.39 Å². The summed E-state index contributed by atoms with van der Waals surface area (Å²) >= 11 is 0. The van der Waals surface area contributed by atoms with Crippen LogP contribution in [-0.4, -0.2) is 28.8 Å². The maximum atomic E-state index is 14.9. The summed E-state index contributed by atoms with van der Waals surface area (Å²) < 4.78 is 14.9. The molecule has 0 spiro atoms. The summed E-state index contributed by atoms with van der Waals surface area (Å²) in [4.78, 5) is 29.5. The topological polar surface area (TPSA) is 49.4 Å². The first-order valence-electron chi connectivity index (χ1n) is 14.4. The Morgan fingerprint density at radius 3 is 2.27 bits per heavy atom. The molecule has 1 saturated carbocycles. The summed E-state index contributed by atoms with van der Waals surface area (Å²) in [5.74, 6) is -0.693. The third-order valence-corrected chi connectivity index (χ3v) is 8.01. The number of aryl methyl sites for hydroxylation is 1. The van der Waals surface area contributed by atoms with Gasteiger partial charge < -0.3 is 10.2 Å². The fourth-order valence-corrected chi connectivity index (χ4v) is 5.80. The van der Waals surface area contributed by atoms with Gasteiger partial charge in [0.25, 0.3) is 0 Å². The molecule has 1 unspecified atom stereocenters. The second-order valence-corrected chi connectivity index (χ2v) is 10.8. The van der Waals surface area contributed by atoms with Crippen molar-refractivity contribution >= 4 is 22.6 Å².